The van der Waals surface area contributed by atoms with Gasteiger partial charge in [0.25, 0.3) is 0 Å². The van der Waals surface area contributed by atoms with Crippen molar-refractivity contribution < 1.29 is 9.46 Å². The maximum Gasteiger partial charge on any atom is 0.219 e. The lowest BCUT2D eigenvalue weighted by atomic mass is 10.2. The van der Waals surface area contributed by atoms with Crippen LogP contribution in [0.4, 0.5) is 0 Å². The summed E-state index contributed by atoms with van der Waals surface area (Å²) in [5.41, 5.74) is 0. The highest BCUT2D eigenvalue weighted by atomic mass is 31.2. The molecule has 0 aliphatic heterocycles. The van der Waals surface area contributed by atoms with Crippen molar-refractivity contribution in [3.05, 3.63) is 11.9 Å². The molecule has 10 heavy (non-hydrogen) atoms. The largest absolute Gasteiger partial charge is 0.342 e. The van der Waals surface area contributed by atoms with Crippen LogP contribution in [0.25, 0.3) is 0 Å². The van der Waals surface area contributed by atoms with Gasteiger partial charge in [0, 0.05) is 6.66 Å². The molecule has 0 radical (unpaired) electrons. The van der Waals surface area contributed by atoms with Crippen LogP contribution in [0.1, 0.15) is 26.2 Å². The molecule has 1 atom stereocenters. The predicted octanol–water partition coefficient (Wildman–Crippen LogP) is 2.59. The van der Waals surface area contributed by atoms with Gasteiger partial charge in [0.2, 0.25) is 7.37 Å². The van der Waals surface area contributed by atoms with Crippen LogP contribution < -0.4 is 0 Å². The van der Waals surface area contributed by atoms with Gasteiger partial charge in [-0.15, -0.1) is 0 Å². The third-order valence-corrected chi connectivity index (χ3v) is 1.87. The molecule has 0 spiro atoms. The van der Waals surface area contributed by atoms with Crippen LogP contribution in [0, 0.1) is 0 Å². The van der Waals surface area contributed by atoms with Crippen molar-refractivity contribution in [3.8, 4) is 0 Å². The molecule has 0 saturated heterocycles. The Morgan fingerprint density at radius 3 is 2.60 bits per heavy atom. The summed E-state index contributed by atoms with van der Waals surface area (Å²) in [6, 6.07) is 0. The van der Waals surface area contributed by atoms with Gasteiger partial charge in [-0.05, 0) is 12.2 Å². The zero-order valence-corrected chi connectivity index (χ0v) is 7.47. The maximum absolute atomic E-state index is 10.6. The molecular weight excluding hydrogens is 147 g/mol. The fourth-order valence-corrected chi connectivity index (χ4v) is 1.13. The van der Waals surface area contributed by atoms with Gasteiger partial charge in [0.15, 0.2) is 0 Å². The molecule has 3 heteroatoms. The van der Waals surface area contributed by atoms with Crippen molar-refractivity contribution in [3.63, 3.8) is 0 Å². The van der Waals surface area contributed by atoms with Crippen LogP contribution in [0.2, 0.25) is 0 Å². The molecular formula is C7H15O2P. The van der Waals surface area contributed by atoms with E-state index in [9.17, 15) is 4.57 Å². The fourth-order valence-electron chi connectivity index (χ4n) is 0.592. The van der Waals surface area contributed by atoms with Crippen molar-refractivity contribution in [1.29, 1.82) is 0 Å². The molecule has 0 saturated carbocycles. The minimum Gasteiger partial charge on any atom is -0.342 e. The number of allylic oxidation sites excluding steroid dienone is 1. The lowest BCUT2D eigenvalue weighted by Crippen LogP contribution is -1.69. The summed E-state index contributed by atoms with van der Waals surface area (Å²) in [5.74, 6) is 1.41. The van der Waals surface area contributed by atoms with Crippen LogP contribution in [0.15, 0.2) is 11.9 Å². The number of hydrogen-bond donors (Lipinski definition) is 1. The van der Waals surface area contributed by atoms with Crippen molar-refractivity contribution in [1.82, 2.24) is 0 Å². The van der Waals surface area contributed by atoms with E-state index in [0.29, 0.717) is 0 Å². The molecule has 0 aliphatic carbocycles. The summed E-state index contributed by atoms with van der Waals surface area (Å²) in [7, 11) is -2.89. The molecule has 0 aromatic heterocycles. The van der Waals surface area contributed by atoms with Crippen LogP contribution in [-0.2, 0) is 4.57 Å². The van der Waals surface area contributed by atoms with Crippen LogP contribution in [-0.4, -0.2) is 11.6 Å². The predicted molar refractivity (Wildman–Crippen MR) is 44.4 cm³/mol. The first-order valence-electron chi connectivity index (χ1n) is 3.54. The van der Waals surface area contributed by atoms with Gasteiger partial charge < -0.3 is 4.89 Å². The zero-order valence-electron chi connectivity index (χ0n) is 6.58. The first-order chi connectivity index (χ1) is 4.56. The van der Waals surface area contributed by atoms with Gasteiger partial charge in [-0.25, -0.2) is 0 Å². The Labute approximate surface area is 62.4 Å². The van der Waals surface area contributed by atoms with Crippen molar-refractivity contribution in [2.75, 3.05) is 6.66 Å². The van der Waals surface area contributed by atoms with E-state index in [-0.39, 0.29) is 0 Å². The zero-order chi connectivity index (χ0) is 8.04. The van der Waals surface area contributed by atoms with E-state index in [2.05, 4.69) is 6.92 Å². The SMILES string of the molecule is CCCCC=CP(C)(=O)O. The molecule has 0 aromatic rings. The van der Waals surface area contributed by atoms with Gasteiger partial charge in [0.05, 0.1) is 0 Å². The second-order valence-corrected chi connectivity index (χ2v) is 4.66. The van der Waals surface area contributed by atoms with E-state index in [1.165, 1.54) is 12.5 Å². The Kier molecular flexibility index (Phi) is 4.67. The van der Waals surface area contributed by atoms with Crippen molar-refractivity contribution >= 4 is 7.37 Å². The standard InChI is InChI=1S/C7H15O2P/c1-3-4-5-6-7-10(2,8)9/h6-7H,3-5H2,1-2H3,(H,8,9). The number of rotatable bonds is 4. The van der Waals surface area contributed by atoms with Gasteiger partial charge in [-0.2, -0.15) is 0 Å². The lowest BCUT2D eigenvalue weighted by molar-refractivity contribution is 0.495. The van der Waals surface area contributed by atoms with E-state index >= 15 is 0 Å². The fraction of sp³-hybridized carbons (Fsp3) is 0.714. The second-order valence-electron chi connectivity index (χ2n) is 2.47. The molecule has 0 heterocycles. The summed E-state index contributed by atoms with van der Waals surface area (Å²) in [4.78, 5) is 8.79. The Morgan fingerprint density at radius 1 is 1.60 bits per heavy atom. The molecule has 1 unspecified atom stereocenters. The number of hydrogen-bond acceptors (Lipinski definition) is 1. The van der Waals surface area contributed by atoms with Crippen LogP contribution >= 0.6 is 7.37 Å². The molecule has 0 amide bonds. The van der Waals surface area contributed by atoms with Crippen molar-refractivity contribution in [2.45, 2.75) is 26.2 Å². The topological polar surface area (TPSA) is 37.3 Å². The molecule has 2 nitrogen and oxygen atoms in total. The van der Waals surface area contributed by atoms with E-state index in [4.69, 9.17) is 4.89 Å². The van der Waals surface area contributed by atoms with Gasteiger partial charge in [-0.1, -0.05) is 25.8 Å². The summed E-state index contributed by atoms with van der Waals surface area (Å²) in [6.07, 6.45) is 4.92. The van der Waals surface area contributed by atoms with E-state index < -0.39 is 7.37 Å². The first kappa shape index (κ1) is 9.93. The van der Waals surface area contributed by atoms with Crippen LogP contribution in [0.5, 0.6) is 0 Å². The lowest BCUT2D eigenvalue weighted by Gasteiger charge is -1.94. The molecule has 1 N–H and O–H groups in total. The minimum absolute atomic E-state index is 0.912. The molecule has 0 aromatic carbocycles. The highest BCUT2D eigenvalue weighted by Gasteiger charge is 2.00. The van der Waals surface area contributed by atoms with Crippen molar-refractivity contribution in [2.24, 2.45) is 0 Å². The normalized spacial score (nSPS) is 17.5. The van der Waals surface area contributed by atoms with Gasteiger partial charge in [-0.3, -0.25) is 4.57 Å². The average Bonchev–Trinajstić information content (AvgIpc) is 1.78. The highest BCUT2D eigenvalue weighted by molar-refractivity contribution is 7.60. The molecule has 60 valence electrons. The third-order valence-electron chi connectivity index (χ3n) is 1.11. The monoisotopic (exact) mass is 162 g/mol. The first-order valence-corrected chi connectivity index (χ1v) is 5.71. The maximum atomic E-state index is 10.6. The molecule has 0 fully saturated rings. The minimum atomic E-state index is -2.89. The summed E-state index contributed by atoms with van der Waals surface area (Å²) < 4.78 is 10.6. The van der Waals surface area contributed by atoms with Crippen LogP contribution in [0.3, 0.4) is 0 Å². The van der Waals surface area contributed by atoms with E-state index in [0.717, 1.165) is 19.3 Å². The van der Waals surface area contributed by atoms with E-state index in [1.807, 2.05) is 0 Å². The Bertz CT molecular complexity index is 146. The molecule has 0 bridgehead atoms. The van der Waals surface area contributed by atoms with Gasteiger partial charge in [0.1, 0.15) is 0 Å². The quantitative estimate of drug-likeness (QED) is 0.509. The summed E-state index contributed by atoms with van der Waals surface area (Å²) in [5, 5.41) is 0. The number of unbranched alkanes of at least 4 members (excludes halogenated alkanes) is 2. The summed E-state index contributed by atoms with van der Waals surface area (Å²) in [6.45, 7) is 3.44. The van der Waals surface area contributed by atoms with E-state index in [1.54, 1.807) is 6.08 Å². The average molecular weight is 162 g/mol. The second kappa shape index (κ2) is 4.70. The summed E-state index contributed by atoms with van der Waals surface area (Å²) >= 11 is 0. The smallest absolute Gasteiger partial charge is 0.219 e. The third kappa shape index (κ3) is 7.93. The highest BCUT2D eigenvalue weighted by Crippen LogP contribution is 2.36. The molecule has 0 rings (SSSR count). The Balaban J connectivity index is 3.47. The van der Waals surface area contributed by atoms with Gasteiger partial charge >= 0.3 is 0 Å². The Morgan fingerprint density at radius 2 is 2.20 bits per heavy atom. The Hall–Kier alpha value is -0.0700. The molecule has 0 aliphatic rings.